The summed E-state index contributed by atoms with van der Waals surface area (Å²) in [6.07, 6.45) is -8.94. The van der Waals surface area contributed by atoms with E-state index in [9.17, 15) is 28.1 Å². The summed E-state index contributed by atoms with van der Waals surface area (Å²) in [5.74, 6) is -2.34. The summed E-state index contributed by atoms with van der Waals surface area (Å²) in [6, 6.07) is 3.38. The molecule has 0 aromatic heterocycles. The van der Waals surface area contributed by atoms with Gasteiger partial charge in [-0.05, 0) is 18.6 Å². The normalized spacial score (nSPS) is 12.8. The molecule has 1 aromatic carbocycles. The number of rotatable bonds is 5. The molecular formula is C11H10F3NO5. The van der Waals surface area contributed by atoms with E-state index in [0.29, 0.717) is 5.56 Å². The van der Waals surface area contributed by atoms with E-state index < -0.39 is 41.0 Å². The van der Waals surface area contributed by atoms with Gasteiger partial charge in [-0.1, -0.05) is 6.07 Å². The number of aliphatic carboxylic acids is 1. The van der Waals surface area contributed by atoms with Crippen LogP contribution >= 0.6 is 0 Å². The van der Waals surface area contributed by atoms with Crippen LogP contribution in [0, 0.1) is 17.0 Å². The number of nitro groups is 1. The molecule has 1 atom stereocenters. The second-order valence-corrected chi connectivity index (χ2v) is 3.97. The van der Waals surface area contributed by atoms with Crippen molar-refractivity contribution in [1.82, 2.24) is 0 Å². The highest BCUT2D eigenvalue weighted by atomic mass is 19.4. The number of hydrogen-bond acceptors (Lipinski definition) is 4. The monoisotopic (exact) mass is 293 g/mol. The van der Waals surface area contributed by atoms with Gasteiger partial charge in [-0.2, -0.15) is 13.2 Å². The number of hydrogen-bond donors (Lipinski definition) is 1. The number of halogens is 3. The highest BCUT2D eigenvalue weighted by Crippen LogP contribution is 2.33. The predicted molar refractivity (Wildman–Crippen MR) is 60.6 cm³/mol. The molecule has 0 spiro atoms. The maximum absolute atomic E-state index is 12.6. The molecule has 0 saturated carbocycles. The Morgan fingerprint density at radius 2 is 2.10 bits per heavy atom. The van der Waals surface area contributed by atoms with E-state index in [1.54, 1.807) is 0 Å². The summed E-state index contributed by atoms with van der Waals surface area (Å²) >= 11 is 0. The standard InChI is InChI=1S/C11H10F3NO5/c1-6-2-3-8(7(4-6)15(18)19)20-9(5-10(16)17)11(12,13)14/h2-4,9H,5H2,1H3,(H,16,17). The molecule has 0 amide bonds. The molecule has 0 saturated heterocycles. The van der Waals surface area contributed by atoms with Crippen LogP contribution < -0.4 is 4.74 Å². The van der Waals surface area contributed by atoms with Gasteiger partial charge in [0.2, 0.25) is 6.10 Å². The number of alkyl halides is 3. The van der Waals surface area contributed by atoms with Gasteiger partial charge in [-0.3, -0.25) is 14.9 Å². The fraction of sp³-hybridized carbons (Fsp3) is 0.364. The van der Waals surface area contributed by atoms with Crippen LogP contribution in [0.25, 0.3) is 0 Å². The molecule has 1 unspecified atom stereocenters. The fourth-order valence-corrected chi connectivity index (χ4v) is 1.41. The minimum atomic E-state index is -4.95. The molecule has 20 heavy (non-hydrogen) atoms. The Morgan fingerprint density at radius 1 is 1.50 bits per heavy atom. The molecule has 9 heteroatoms. The van der Waals surface area contributed by atoms with E-state index in [4.69, 9.17) is 5.11 Å². The van der Waals surface area contributed by atoms with Crippen molar-refractivity contribution in [2.75, 3.05) is 0 Å². The quantitative estimate of drug-likeness (QED) is 0.666. The molecule has 1 aromatic rings. The van der Waals surface area contributed by atoms with Gasteiger partial charge in [-0.25, -0.2) is 0 Å². The molecule has 0 aliphatic carbocycles. The summed E-state index contributed by atoms with van der Waals surface area (Å²) in [4.78, 5) is 20.3. The third-order valence-corrected chi connectivity index (χ3v) is 2.31. The predicted octanol–water partition coefficient (Wildman–Crippen LogP) is 2.69. The molecule has 0 fully saturated rings. The van der Waals surface area contributed by atoms with Crippen molar-refractivity contribution < 1.29 is 32.7 Å². The number of benzene rings is 1. The molecule has 0 heterocycles. The molecule has 0 radical (unpaired) electrons. The van der Waals surface area contributed by atoms with Crippen molar-refractivity contribution in [3.05, 3.63) is 33.9 Å². The first-order valence-corrected chi connectivity index (χ1v) is 5.31. The smallest absolute Gasteiger partial charge is 0.426 e. The number of ether oxygens (including phenoxy) is 1. The summed E-state index contributed by atoms with van der Waals surface area (Å²) in [6.45, 7) is 1.52. The number of nitrogens with zero attached hydrogens (tertiary/aromatic N) is 1. The zero-order chi connectivity index (χ0) is 15.5. The first-order valence-electron chi connectivity index (χ1n) is 5.31. The van der Waals surface area contributed by atoms with Gasteiger partial charge in [0.15, 0.2) is 5.75 Å². The largest absolute Gasteiger partial charge is 0.481 e. The van der Waals surface area contributed by atoms with Crippen molar-refractivity contribution in [2.45, 2.75) is 25.6 Å². The summed E-state index contributed by atoms with van der Waals surface area (Å²) < 4.78 is 42.3. The first kappa shape index (κ1) is 15.7. The van der Waals surface area contributed by atoms with Crippen LogP contribution in [-0.2, 0) is 4.79 Å². The van der Waals surface area contributed by atoms with Gasteiger partial charge < -0.3 is 9.84 Å². The lowest BCUT2D eigenvalue weighted by Crippen LogP contribution is -2.36. The molecule has 0 bridgehead atoms. The third kappa shape index (κ3) is 4.11. The molecule has 110 valence electrons. The van der Waals surface area contributed by atoms with Crippen molar-refractivity contribution in [1.29, 1.82) is 0 Å². The van der Waals surface area contributed by atoms with Gasteiger partial charge in [0, 0.05) is 6.07 Å². The van der Waals surface area contributed by atoms with E-state index in [1.807, 2.05) is 0 Å². The average Bonchev–Trinajstić information content (AvgIpc) is 2.28. The first-order chi connectivity index (χ1) is 9.11. The van der Waals surface area contributed by atoms with E-state index in [0.717, 1.165) is 12.1 Å². The zero-order valence-corrected chi connectivity index (χ0v) is 10.2. The summed E-state index contributed by atoms with van der Waals surface area (Å²) in [5, 5.41) is 19.2. The van der Waals surface area contributed by atoms with Crippen LogP contribution in [0.15, 0.2) is 18.2 Å². The Kier molecular flexibility index (Phi) is 4.53. The van der Waals surface area contributed by atoms with Crippen LogP contribution in [0.2, 0.25) is 0 Å². The number of nitro benzene ring substituents is 1. The third-order valence-electron chi connectivity index (χ3n) is 2.31. The summed E-state index contributed by atoms with van der Waals surface area (Å²) in [7, 11) is 0. The van der Waals surface area contributed by atoms with Gasteiger partial charge in [0.1, 0.15) is 0 Å². The number of carboxylic acid groups (broad SMARTS) is 1. The zero-order valence-electron chi connectivity index (χ0n) is 10.2. The molecular weight excluding hydrogens is 283 g/mol. The van der Waals surface area contributed by atoms with Gasteiger partial charge in [0.25, 0.3) is 0 Å². The van der Waals surface area contributed by atoms with Gasteiger partial charge in [-0.15, -0.1) is 0 Å². The SMILES string of the molecule is Cc1ccc(OC(CC(=O)O)C(F)(F)F)c([N+](=O)[O-])c1. The number of aryl methyl sites for hydroxylation is 1. The van der Waals surface area contributed by atoms with Crippen LogP contribution in [0.3, 0.4) is 0 Å². The molecule has 6 nitrogen and oxygen atoms in total. The van der Waals surface area contributed by atoms with Crippen molar-refractivity contribution in [3.63, 3.8) is 0 Å². The molecule has 1 rings (SSSR count). The van der Waals surface area contributed by atoms with Gasteiger partial charge >= 0.3 is 17.8 Å². The number of carboxylic acids is 1. The second-order valence-electron chi connectivity index (χ2n) is 3.97. The van der Waals surface area contributed by atoms with E-state index in [-0.39, 0.29) is 0 Å². The van der Waals surface area contributed by atoms with Crippen molar-refractivity contribution >= 4 is 11.7 Å². The maximum Gasteiger partial charge on any atom is 0.426 e. The Hall–Kier alpha value is -2.32. The maximum atomic E-state index is 12.6. The van der Waals surface area contributed by atoms with E-state index in [1.165, 1.54) is 13.0 Å². The van der Waals surface area contributed by atoms with Crippen LogP contribution in [0.5, 0.6) is 5.75 Å². The lowest BCUT2D eigenvalue weighted by Gasteiger charge is -2.20. The van der Waals surface area contributed by atoms with Crippen molar-refractivity contribution in [2.24, 2.45) is 0 Å². The minimum Gasteiger partial charge on any atom is -0.481 e. The molecule has 0 aliphatic heterocycles. The molecule has 0 aliphatic rings. The average molecular weight is 293 g/mol. The Labute approximate surface area is 110 Å². The highest BCUT2D eigenvalue weighted by molar-refractivity contribution is 5.67. The van der Waals surface area contributed by atoms with Crippen LogP contribution in [0.1, 0.15) is 12.0 Å². The summed E-state index contributed by atoms with van der Waals surface area (Å²) in [5.41, 5.74) is -0.185. The molecule has 1 N–H and O–H groups in total. The lowest BCUT2D eigenvalue weighted by atomic mass is 10.2. The van der Waals surface area contributed by atoms with Crippen LogP contribution in [0.4, 0.5) is 18.9 Å². The number of carbonyl (C=O) groups is 1. The van der Waals surface area contributed by atoms with Crippen molar-refractivity contribution in [3.8, 4) is 5.75 Å². The fourth-order valence-electron chi connectivity index (χ4n) is 1.41. The topological polar surface area (TPSA) is 89.7 Å². The Morgan fingerprint density at radius 3 is 2.55 bits per heavy atom. The van der Waals surface area contributed by atoms with Gasteiger partial charge in [0.05, 0.1) is 11.3 Å². The van der Waals surface area contributed by atoms with E-state index >= 15 is 0 Å². The van der Waals surface area contributed by atoms with Crippen LogP contribution in [-0.4, -0.2) is 28.3 Å². The Bertz CT molecular complexity index is 529. The second kappa shape index (κ2) is 5.76. The minimum absolute atomic E-state index is 0.464. The lowest BCUT2D eigenvalue weighted by molar-refractivity contribution is -0.386. The Balaban J connectivity index is 3.11. The highest BCUT2D eigenvalue weighted by Gasteiger charge is 2.44. The van der Waals surface area contributed by atoms with E-state index in [2.05, 4.69) is 4.74 Å².